The van der Waals surface area contributed by atoms with Gasteiger partial charge in [0.25, 0.3) is 0 Å². The zero-order chi connectivity index (χ0) is 13.1. The average Bonchev–Trinajstić information content (AvgIpc) is 2.92. The van der Waals surface area contributed by atoms with Gasteiger partial charge >= 0.3 is 0 Å². The summed E-state index contributed by atoms with van der Waals surface area (Å²) in [6.45, 7) is 2.84. The van der Waals surface area contributed by atoms with Crippen molar-refractivity contribution in [3.05, 3.63) is 53.5 Å². The lowest BCUT2D eigenvalue weighted by Crippen LogP contribution is -2.24. The van der Waals surface area contributed by atoms with E-state index in [1.54, 1.807) is 6.26 Å². The Kier molecular flexibility index (Phi) is 3.56. The van der Waals surface area contributed by atoms with Crippen LogP contribution in [0.5, 0.6) is 0 Å². The van der Waals surface area contributed by atoms with E-state index in [9.17, 15) is 0 Å². The van der Waals surface area contributed by atoms with Crippen LogP contribution in [0.15, 0.2) is 41.0 Å². The zero-order valence-electron chi connectivity index (χ0n) is 11.4. The first-order valence-electron chi connectivity index (χ1n) is 6.89. The third kappa shape index (κ3) is 2.82. The minimum Gasteiger partial charge on any atom is -0.468 e. The van der Waals surface area contributed by atoms with Crippen molar-refractivity contribution in [1.29, 1.82) is 0 Å². The molecule has 3 nitrogen and oxygen atoms in total. The third-order valence-electron chi connectivity index (χ3n) is 3.70. The minimum atomic E-state index is 0.782. The van der Waals surface area contributed by atoms with E-state index in [1.165, 1.54) is 36.2 Å². The van der Waals surface area contributed by atoms with Crippen LogP contribution in [0.2, 0.25) is 0 Å². The zero-order valence-corrected chi connectivity index (χ0v) is 11.4. The molecule has 0 saturated heterocycles. The van der Waals surface area contributed by atoms with Gasteiger partial charge in [-0.05, 0) is 42.2 Å². The Morgan fingerprint density at radius 1 is 1.26 bits per heavy atom. The molecule has 1 aromatic carbocycles. The van der Waals surface area contributed by atoms with Crippen LogP contribution in [0.25, 0.3) is 0 Å². The van der Waals surface area contributed by atoms with Gasteiger partial charge in [0, 0.05) is 25.8 Å². The minimum absolute atomic E-state index is 0.782. The summed E-state index contributed by atoms with van der Waals surface area (Å²) in [4.78, 5) is 2.35. The summed E-state index contributed by atoms with van der Waals surface area (Å²) < 4.78 is 5.31. The van der Waals surface area contributed by atoms with Crippen molar-refractivity contribution in [1.82, 2.24) is 5.32 Å². The summed E-state index contributed by atoms with van der Waals surface area (Å²) in [5.41, 5.74) is 4.22. The average molecular weight is 256 g/mol. The van der Waals surface area contributed by atoms with Crippen molar-refractivity contribution >= 4 is 5.69 Å². The summed E-state index contributed by atoms with van der Waals surface area (Å²) in [5.74, 6) is 0.984. The van der Waals surface area contributed by atoms with Crippen LogP contribution >= 0.6 is 0 Å². The maximum atomic E-state index is 5.31. The molecule has 1 aromatic heterocycles. The molecule has 1 aliphatic rings. The maximum absolute atomic E-state index is 5.31. The second-order valence-corrected chi connectivity index (χ2v) is 5.17. The molecule has 0 bridgehead atoms. The molecular weight excluding hydrogens is 236 g/mol. The number of nitrogens with zero attached hydrogens (tertiary/aromatic N) is 1. The Bertz CT molecular complexity index is 534. The van der Waals surface area contributed by atoms with Gasteiger partial charge in [0.1, 0.15) is 5.76 Å². The Morgan fingerprint density at radius 2 is 2.21 bits per heavy atom. The lowest BCUT2D eigenvalue weighted by molar-refractivity contribution is 0.483. The molecule has 3 heteroatoms. The lowest BCUT2D eigenvalue weighted by Gasteiger charge is -2.27. The Balaban J connectivity index is 1.62. The predicted octanol–water partition coefficient (Wildman–Crippen LogP) is 2.95. The number of furan rings is 1. The van der Waals surface area contributed by atoms with Gasteiger partial charge in [-0.2, -0.15) is 0 Å². The Morgan fingerprint density at radius 3 is 3.05 bits per heavy atom. The highest BCUT2D eigenvalue weighted by Gasteiger charge is 2.13. The summed E-state index contributed by atoms with van der Waals surface area (Å²) in [6.07, 6.45) is 4.17. The van der Waals surface area contributed by atoms with E-state index in [2.05, 4.69) is 35.5 Å². The molecule has 0 radical (unpaired) electrons. The normalized spacial score (nSPS) is 14.5. The van der Waals surface area contributed by atoms with E-state index in [4.69, 9.17) is 4.42 Å². The number of anilines is 1. The van der Waals surface area contributed by atoms with Gasteiger partial charge in [0.2, 0.25) is 0 Å². The highest BCUT2D eigenvalue weighted by Crippen LogP contribution is 2.26. The fraction of sp³-hybridized carbons (Fsp3) is 0.375. The molecule has 0 fully saturated rings. The molecule has 1 N–H and O–H groups in total. The monoisotopic (exact) mass is 256 g/mol. The Labute approximate surface area is 114 Å². The number of fused-ring (bicyclic) bond motifs is 1. The molecule has 0 amide bonds. The van der Waals surface area contributed by atoms with Crippen LogP contribution in [0, 0.1) is 0 Å². The molecule has 0 aliphatic carbocycles. The van der Waals surface area contributed by atoms with E-state index in [0.717, 1.165) is 18.8 Å². The van der Waals surface area contributed by atoms with Crippen LogP contribution in [0.3, 0.4) is 0 Å². The summed E-state index contributed by atoms with van der Waals surface area (Å²) >= 11 is 0. The topological polar surface area (TPSA) is 28.4 Å². The molecule has 3 rings (SSSR count). The molecule has 0 spiro atoms. The van der Waals surface area contributed by atoms with Gasteiger partial charge in [0.15, 0.2) is 0 Å². The van der Waals surface area contributed by atoms with Crippen LogP contribution in [-0.4, -0.2) is 13.6 Å². The molecule has 1 aliphatic heterocycles. The maximum Gasteiger partial charge on any atom is 0.117 e. The van der Waals surface area contributed by atoms with Crippen LogP contribution < -0.4 is 10.2 Å². The smallest absolute Gasteiger partial charge is 0.117 e. The van der Waals surface area contributed by atoms with Crippen LogP contribution in [-0.2, 0) is 19.5 Å². The third-order valence-corrected chi connectivity index (χ3v) is 3.70. The number of aryl methyl sites for hydroxylation is 1. The van der Waals surface area contributed by atoms with Crippen molar-refractivity contribution < 1.29 is 4.42 Å². The van der Waals surface area contributed by atoms with Gasteiger partial charge in [-0.3, -0.25) is 0 Å². The van der Waals surface area contributed by atoms with E-state index < -0.39 is 0 Å². The number of rotatable bonds is 4. The van der Waals surface area contributed by atoms with E-state index in [-0.39, 0.29) is 0 Å². The molecule has 0 unspecified atom stereocenters. The second-order valence-electron chi connectivity index (χ2n) is 5.17. The number of benzene rings is 1. The molecular formula is C16H20N2O. The van der Waals surface area contributed by atoms with Crippen molar-refractivity contribution in [2.24, 2.45) is 0 Å². The van der Waals surface area contributed by atoms with Crippen molar-refractivity contribution in [2.45, 2.75) is 25.9 Å². The van der Waals surface area contributed by atoms with Gasteiger partial charge in [-0.15, -0.1) is 0 Å². The summed E-state index contributed by atoms with van der Waals surface area (Å²) in [6, 6.07) is 10.7. The molecule has 19 heavy (non-hydrogen) atoms. The van der Waals surface area contributed by atoms with Gasteiger partial charge in [-0.25, -0.2) is 0 Å². The first kappa shape index (κ1) is 12.3. The van der Waals surface area contributed by atoms with E-state index >= 15 is 0 Å². The molecule has 0 atom stereocenters. The van der Waals surface area contributed by atoms with Crippen molar-refractivity contribution in [2.75, 3.05) is 18.5 Å². The van der Waals surface area contributed by atoms with Crippen molar-refractivity contribution in [3.8, 4) is 0 Å². The largest absolute Gasteiger partial charge is 0.468 e. The van der Waals surface area contributed by atoms with E-state index in [0.29, 0.717) is 0 Å². The summed E-state index contributed by atoms with van der Waals surface area (Å²) in [7, 11) is 2.17. The lowest BCUT2D eigenvalue weighted by atomic mass is 9.99. The Hall–Kier alpha value is -1.74. The first-order valence-corrected chi connectivity index (χ1v) is 6.89. The first-order chi connectivity index (χ1) is 9.33. The standard InChI is InChI=1S/C16H20N2O/c1-18-8-2-4-14-10-13(6-7-16(14)18)11-17-12-15-5-3-9-19-15/h3,5-7,9-10,17H,2,4,8,11-12H2,1H3. The number of hydrogen-bond acceptors (Lipinski definition) is 3. The van der Waals surface area contributed by atoms with Gasteiger partial charge < -0.3 is 14.6 Å². The molecule has 100 valence electrons. The second kappa shape index (κ2) is 5.49. The molecule has 0 saturated carbocycles. The molecule has 2 aromatic rings. The predicted molar refractivity (Wildman–Crippen MR) is 77.3 cm³/mol. The van der Waals surface area contributed by atoms with Crippen LogP contribution in [0.4, 0.5) is 5.69 Å². The van der Waals surface area contributed by atoms with Crippen LogP contribution in [0.1, 0.15) is 23.3 Å². The fourth-order valence-corrected chi connectivity index (χ4v) is 2.69. The number of hydrogen-bond donors (Lipinski definition) is 1. The van der Waals surface area contributed by atoms with E-state index in [1.807, 2.05) is 12.1 Å². The van der Waals surface area contributed by atoms with Gasteiger partial charge in [-0.1, -0.05) is 12.1 Å². The highest BCUT2D eigenvalue weighted by molar-refractivity contribution is 5.56. The quantitative estimate of drug-likeness (QED) is 0.911. The summed E-state index contributed by atoms with van der Waals surface area (Å²) in [5, 5.41) is 3.41. The SMILES string of the molecule is CN1CCCc2cc(CNCc3ccco3)ccc21. The van der Waals surface area contributed by atoms with Crippen molar-refractivity contribution in [3.63, 3.8) is 0 Å². The highest BCUT2D eigenvalue weighted by atomic mass is 16.3. The number of nitrogens with one attached hydrogen (secondary N) is 1. The van der Waals surface area contributed by atoms with Gasteiger partial charge in [0.05, 0.1) is 12.8 Å². The fourth-order valence-electron chi connectivity index (χ4n) is 2.69. The molecule has 2 heterocycles.